The van der Waals surface area contributed by atoms with Crippen LogP contribution in [-0.4, -0.2) is 33.1 Å². The van der Waals surface area contributed by atoms with E-state index in [-0.39, 0.29) is 3.62 Å². The van der Waals surface area contributed by atoms with Crippen molar-refractivity contribution in [3.05, 3.63) is 0 Å². The van der Waals surface area contributed by atoms with Crippen LogP contribution < -0.4 is 0 Å². The van der Waals surface area contributed by atoms with Gasteiger partial charge in [0, 0.05) is 0 Å². The van der Waals surface area contributed by atoms with Gasteiger partial charge in [0.2, 0.25) is 0 Å². The fourth-order valence-electron chi connectivity index (χ4n) is 3.92. The van der Waals surface area contributed by atoms with Crippen LogP contribution in [0.1, 0.15) is 93.9 Å². The maximum atomic E-state index is 7.14. The average molecular weight is 435 g/mol. The first kappa shape index (κ1) is 23.0. The molecule has 0 fully saturated rings. The molecule has 0 amide bonds. The van der Waals surface area contributed by atoms with E-state index in [1.807, 2.05) is 0 Å². The minimum atomic E-state index is -1.54. The van der Waals surface area contributed by atoms with Crippen LogP contribution in [0.4, 0.5) is 0 Å². The molecule has 0 aromatic heterocycles. The van der Waals surface area contributed by atoms with Crippen molar-refractivity contribution in [3.8, 4) is 0 Å². The molecule has 0 atom stereocenters. The molecule has 0 bridgehead atoms. The van der Waals surface area contributed by atoms with E-state index in [0.717, 1.165) is 0 Å². The molecule has 0 saturated heterocycles. The molecule has 0 rings (SSSR count). The second-order valence-corrected chi connectivity index (χ2v) is 25.1. The zero-order chi connectivity index (χ0) is 17.3. The van der Waals surface area contributed by atoms with Crippen molar-refractivity contribution in [3.63, 3.8) is 0 Å². The van der Waals surface area contributed by atoms with Crippen LogP contribution in [0, 0.1) is 0 Å². The Morgan fingerprint density at radius 1 is 0.727 bits per heavy atom. The van der Waals surface area contributed by atoms with Crippen LogP contribution in [0.5, 0.6) is 0 Å². The zero-order valence-electron chi connectivity index (χ0n) is 17.0. The van der Waals surface area contributed by atoms with Crippen molar-refractivity contribution < 1.29 is 4.43 Å². The first-order valence-electron chi connectivity index (χ1n) is 9.80. The average Bonchev–Trinajstić information content (AvgIpc) is 2.37. The molecule has 0 aliphatic carbocycles. The van der Waals surface area contributed by atoms with Crippen molar-refractivity contribution in [2.45, 2.75) is 119 Å². The molecule has 0 aliphatic heterocycles. The van der Waals surface area contributed by atoms with Gasteiger partial charge < -0.3 is 0 Å². The van der Waals surface area contributed by atoms with Gasteiger partial charge in [0.15, 0.2) is 0 Å². The summed E-state index contributed by atoms with van der Waals surface area (Å²) in [5.74, 6) is 0. The van der Waals surface area contributed by atoms with E-state index < -0.39 is 29.5 Å². The summed E-state index contributed by atoms with van der Waals surface area (Å²) in [5, 5.41) is 0. The van der Waals surface area contributed by atoms with E-state index in [1.54, 1.807) is 0 Å². The molecule has 0 saturated carbocycles. The van der Waals surface area contributed by atoms with Gasteiger partial charge in [-0.1, -0.05) is 0 Å². The Morgan fingerprint density at radius 2 is 1.09 bits per heavy atom. The molecular weight excluding hydrogens is 391 g/mol. The quantitative estimate of drug-likeness (QED) is 0.319. The predicted molar refractivity (Wildman–Crippen MR) is 108 cm³/mol. The molecule has 0 aromatic carbocycles. The SMILES string of the molecule is CCCC[Si](CCCC)(CCCC)O[C](C)(C)[SnH2][C](C)(C)C. The minimum absolute atomic E-state index is 0.237. The molecule has 0 N–H and O–H groups in total. The summed E-state index contributed by atoms with van der Waals surface area (Å²) < 4.78 is 7.92. The van der Waals surface area contributed by atoms with E-state index in [1.165, 1.54) is 56.7 Å². The molecule has 22 heavy (non-hydrogen) atoms. The Bertz CT molecular complexity index is 262. The summed E-state index contributed by atoms with van der Waals surface area (Å²) in [4.78, 5) is 0. The summed E-state index contributed by atoms with van der Waals surface area (Å²) in [6.45, 7) is 19.2. The van der Waals surface area contributed by atoms with E-state index in [0.29, 0.717) is 3.43 Å². The molecule has 3 heteroatoms. The summed E-state index contributed by atoms with van der Waals surface area (Å²) in [6, 6.07) is 4.22. The summed E-state index contributed by atoms with van der Waals surface area (Å²) in [6.07, 6.45) is 8.08. The van der Waals surface area contributed by atoms with E-state index in [2.05, 4.69) is 55.4 Å². The van der Waals surface area contributed by atoms with Crippen LogP contribution in [0.2, 0.25) is 21.6 Å². The summed E-state index contributed by atoms with van der Waals surface area (Å²) in [7, 11) is -1.54. The van der Waals surface area contributed by atoms with Crippen LogP contribution >= 0.6 is 0 Å². The van der Waals surface area contributed by atoms with Gasteiger partial charge in [0.25, 0.3) is 0 Å². The Balaban J connectivity index is 5.12. The monoisotopic (exact) mass is 436 g/mol. The van der Waals surface area contributed by atoms with Crippen LogP contribution in [-0.2, 0) is 4.43 Å². The van der Waals surface area contributed by atoms with Gasteiger partial charge in [0.1, 0.15) is 0 Å². The Labute approximate surface area is 152 Å². The number of hydrogen-bond acceptors (Lipinski definition) is 1. The topological polar surface area (TPSA) is 9.23 Å². The zero-order valence-corrected chi connectivity index (χ0v) is 22.0. The Kier molecular flexibility index (Phi) is 11.2. The molecule has 1 nitrogen and oxygen atoms in total. The van der Waals surface area contributed by atoms with Crippen molar-refractivity contribution in [2.24, 2.45) is 0 Å². The van der Waals surface area contributed by atoms with Gasteiger partial charge in [-0.3, -0.25) is 0 Å². The van der Waals surface area contributed by atoms with Crippen LogP contribution in [0.25, 0.3) is 0 Å². The molecule has 134 valence electrons. The van der Waals surface area contributed by atoms with Crippen LogP contribution in [0.15, 0.2) is 0 Å². The van der Waals surface area contributed by atoms with E-state index in [4.69, 9.17) is 4.43 Å². The second kappa shape index (κ2) is 10.8. The van der Waals surface area contributed by atoms with Gasteiger partial charge in [-0.25, -0.2) is 0 Å². The number of unbranched alkanes of at least 4 members (excludes halogenated alkanes) is 3. The third-order valence-electron chi connectivity index (χ3n) is 4.41. The van der Waals surface area contributed by atoms with Crippen LogP contribution in [0.3, 0.4) is 0 Å². The van der Waals surface area contributed by atoms with Gasteiger partial charge in [-0.2, -0.15) is 0 Å². The van der Waals surface area contributed by atoms with E-state index in [9.17, 15) is 0 Å². The molecule has 0 aliphatic rings. The molecule has 0 heterocycles. The van der Waals surface area contributed by atoms with E-state index >= 15 is 0 Å². The van der Waals surface area contributed by atoms with Crippen molar-refractivity contribution in [2.75, 3.05) is 0 Å². The first-order chi connectivity index (χ1) is 10.1. The first-order valence-corrected chi connectivity index (χ1v) is 16.4. The Morgan fingerprint density at radius 3 is 1.36 bits per heavy atom. The fourth-order valence-corrected chi connectivity index (χ4v) is 19.7. The van der Waals surface area contributed by atoms with Crippen molar-refractivity contribution in [1.29, 1.82) is 0 Å². The number of hydrogen-bond donors (Lipinski definition) is 0. The molecule has 0 aromatic rings. The molecule has 0 spiro atoms. The second-order valence-electron chi connectivity index (χ2n) is 9.09. The third-order valence-corrected chi connectivity index (χ3v) is 15.9. The predicted octanol–water partition coefficient (Wildman–Crippen LogP) is 6.47. The number of rotatable bonds is 12. The van der Waals surface area contributed by atoms with Gasteiger partial charge in [-0.15, -0.1) is 0 Å². The fraction of sp³-hybridized carbons (Fsp3) is 1.00. The molecule has 0 radical (unpaired) electrons. The normalized spacial score (nSPS) is 14.2. The molecular formula is C19H44OSiSn. The Hall–Kier alpha value is 0.976. The van der Waals surface area contributed by atoms with Gasteiger partial charge >= 0.3 is 153 Å². The maximum absolute atomic E-state index is 7.14. The standard InChI is InChI=1S/C15H33OSi.C4H9.Sn.2H/c1-6-9-12-17(13-10-7-2,14-11-8-3)16-15(4)5;1-4(2)3;;;/h6-14H2,1-5H3;1-3H3;;;. The van der Waals surface area contributed by atoms with Crippen molar-refractivity contribution >= 4 is 29.5 Å². The third kappa shape index (κ3) is 10.7. The van der Waals surface area contributed by atoms with Gasteiger partial charge in [-0.05, 0) is 0 Å². The summed E-state index contributed by atoms with van der Waals surface area (Å²) in [5.41, 5.74) is 0. The van der Waals surface area contributed by atoms with Crippen molar-refractivity contribution in [1.82, 2.24) is 0 Å². The van der Waals surface area contributed by atoms with Gasteiger partial charge in [0.05, 0.1) is 0 Å². The molecule has 0 unspecified atom stereocenters. The summed E-state index contributed by atoms with van der Waals surface area (Å²) >= 11 is -0.982.